The monoisotopic (exact) mass is 529 g/mol. The first-order chi connectivity index (χ1) is 17.5. The van der Waals surface area contributed by atoms with Gasteiger partial charge in [0.1, 0.15) is 5.82 Å². The SMILES string of the molecule is NC(N)=c1ccs/c1=C(/N)c1cnccc1C(F)(F)F.[B]C([B])(C1CCOCC1)N1C[C@H]2CCC[C@H]2C1. The molecule has 3 aliphatic rings. The Kier molecular flexibility index (Phi) is 8.50. The summed E-state index contributed by atoms with van der Waals surface area (Å²) in [7, 11) is 12.9. The maximum Gasteiger partial charge on any atom is 0.417 e. The molecule has 2 aromatic rings. The highest BCUT2D eigenvalue weighted by molar-refractivity contribution is 7.07. The molecule has 0 unspecified atom stereocenters. The van der Waals surface area contributed by atoms with Crippen molar-refractivity contribution in [1.82, 2.24) is 9.88 Å². The summed E-state index contributed by atoms with van der Waals surface area (Å²) in [6, 6.07) is 2.48. The number of pyridine rings is 1. The van der Waals surface area contributed by atoms with Gasteiger partial charge in [0.15, 0.2) is 0 Å². The molecule has 6 N–H and O–H groups in total. The predicted molar refractivity (Wildman–Crippen MR) is 141 cm³/mol. The average Bonchev–Trinajstić information content (AvgIpc) is 3.61. The van der Waals surface area contributed by atoms with Crippen molar-refractivity contribution in [3.63, 3.8) is 0 Å². The van der Waals surface area contributed by atoms with Gasteiger partial charge in [0.2, 0.25) is 0 Å². The fourth-order valence-electron chi connectivity index (χ4n) is 5.69. The Morgan fingerprint density at radius 3 is 2.27 bits per heavy atom. The second-order valence-corrected chi connectivity index (χ2v) is 11.0. The molecule has 196 valence electrons. The van der Waals surface area contributed by atoms with Gasteiger partial charge >= 0.3 is 6.18 Å². The first kappa shape index (κ1) is 27.9. The van der Waals surface area contributed by atoms with E-state index in [4.69, 9.17) is 37.6 Å². The van der Waals surface area contributed by atoms with Gasteiger partial charge in [0.05, 0.1) is 31.5 Å². The minimum Gasteiger partial charge on any atom is -0.397 e. The molecule has 1 saturated carbocycles. The molecule has 0 amide bonds. The van der Waals surface area contributed by atoms with Crippen molar-refractivity contribution in [3.05, 3.63) is 50.8 Å². The molecule has 2 atom stereocenters. The Balaban J connectivity index is 0.000000175. The summed E-state index contributed by atoms with van der Waals surface area (Å²) in [5.74, 6) is 2.12. The van der Waals surface area contributed by atoms with Gasteiger partial charge in [0.25, 0.3) is 0 Å². The number of nitrogens with two attached hydrogens (primary N) is 3. The first-order valence-corrected chi connectivity index (χ1v) is 13.4. The van der Waals surface area contributed by atoms with Crippen LogP contribution in [0.25, 0.3) is 11.5 Å². The van der Waals surface area contributed by atoms with Crippen molar-refractivity contribution < 1.29 is 17.9 Å². The van der Waals surface area contributed by atoms with Crippen molar-refractivity contribution in [3.8, 4) is 0 Å². The number of ether oxygens (including phenoxy) is 1. The molecule has 2 aliphatic heterocycles. The third-order valence-corrected chi connectivity index (χ3v) is 8.73. The second kappa shape index (κ2) is 11.3. The number of thiophene rings is 1. The molecule has 37 heavy (non-hydrogen) atoms. The molecular formula is C25H32B2F3N5OS. The van der Waals surface area contributed by atoms with E-state index in [9.17, 15) is 13.2 Å². The van der Waals surface area contributed by atoms with E-state index in [0.29, 0.717) is 15.7 Å². The Morgan fingerprint density at radius 2 is 1.68 bits per heavy atom. The van der Waals surface area contributed by atoms with Gasteiger partial charge in [-0.15, -0.1) is 11.3 Å². The van der Waals surface area contributed by atoms with Gasteiger partial charge in [-0.25, -0.2) is 0 Å². The van der Waals surface area contributed by atoms with Crippen LogP contribution in [0.3, 0.4) is 0 Å². The lowest BCUT2D eigenvalue weighted by molar-refractivity contribution is -0.137. The summed E-state index contributed by atoms with van der Waals surface area (Å²) in [5, 5.41) is 1.47. The Bertz CT molecular complexity index is 1180. The van der Waals surface area contributed by atoms with Crippen molar-refractivity contribution in [2.75, 3.05) is 26.3 Å². The van der Waals surface area contributed by atoms with E-state index in [1.54, 1.807) is 11.4 Å². The minimum absolute atomic E-state index is 0.00153. The lowest BCUT2D eigenvalue weighted by Crippen LogP contribution is -2.55. The highest BCUT2D eigenvalue weighted by atomic mass is 32.1. The number of nitrogens with zero attached hydrogens (tertiary/aromatic N) is 2. The number of fused-ring (bicyclic) bond motifs is 1. The van der Waals surface area contributed by atoms with Crippen LogP contribution >= 0.6 is 11.3 Å². The molecule has 6 nitrogen and oxygen atoms in total. The van der Waals surface area contributed by atoms with Gasteiger partial charge in [-0.2, -0.15) is 13.2 Å². The third kappa shape index (κ3) is 6.12. The maximum absolute atomic E-state index is 13.0. The van der Waals surface area contributed by atoms with E-state index in [1.165, 1.54) is 19.3 Å². The lowest BCUT2D eigenvalue weighted by atomic mass is 9.52. The molecule has 2 saturated heterocycles. The van der Waals surface area contributed by atoms with Gasteiger partial charge in [-0.3, -0.25) is 4.98 Å². The van der Waals surface area contributed by atoms with Crippen LogP contribution < -0.4 is 27.0 Å². The standard InChI is InChI=1S/C13H21B2NO.C12H11F3N4S/c14-13(15,12-4-6-17-7-5-12)16-8-10-2-1-3-11(10)9-16;13-12(14,15)8-1-3-19-5-7(8)9(16)10-6(11(17)18)2-4-20-10/h10-12H,1-9H2;1-5H,16-18H2/b;10-9+/t10-,11+;. The molecule has 0 bridgehead atoms. The summed E-state index contributed by atoms with van der Waals surface area (Å²) in [6.07, 6.45) is 3.82. The zero-order valence-electron chi connectivity index (χ0n) is 20.7. The average molecular weight is 529 g/mol. The fourth-order valence-corrected chi connectivity index (χ4v) is 6.58. The predicted octanol–water partition coefficient (Wildman–Crippen LogP) is 1.40. The summed E-state index contributed by atoms with van der Waals surface area (Å²) >= 11 is 1.16. The van der Waals surface area contributed by atoms with Crippen LogP contribution in [0.2, 0.25) is 0 Å². The minimum atomic E-state index is -4.52. The van der Waals surface area contributed by atoms with Crippen LogP contribution in [-0.2, 0) is 10.9 Å². The molecule has 4 radical (unpaired) electrons. The van der Waals surface area contributed by atoms with Crippen LogP contribution in [0.1, 0.15) is 43.2 Å². The fraction of sp³-hybridized carbons (Fsp3) is 0.560. The summed E-state index contributed by atoms with van der Waals surface area (Å²) in [4.78, 5) is 6.06. The van der Waals surface area contributed by atoms with Crippen LogP contribution in [0, 0.1) is 17.8 Å². The first-order valence-electron chi connectivity index (χ1n) is 12.5. The normalized spacial score (nSPS) is 23.8. The third-order valence-electron chi connectivity index (χ3n) is 7.79. The number of hydrogen-bond acceptors (Lipinski definition) is 7. The van der Waals surface area contributed by atoms with E-state index >= 15 is 0 Å². The smallest absolute Gasteiger partial charge is 0.397 e. The Hall–Kier alpha value is -2.17. The Labute approximate surface area is 221 Å². The second-order valence-electron chi connectivity index (χ2n) is 10.1. The van der Waals surface area contributed by atoms with Crippen LogP contribution in [0.15, 0.2) is 29.9 Å². The highest BCUT2D eigenvalue weighted by Crippen LogP contribution is 2.41. The molecule has 2 aromatic heterocycles. The van der Waals surface area contributed by atoms with Gasteiger partial charge < -0.3 is 26.8 Å². The van der Waals surface area contributed by atoms with Crippen molar-refractivity contribution >= 4 is 38.5 Å². The number of halogens is 3. The van der Waals surface area contributed by atoms with E-state index in [1.807, 2.05) is 0 Å². The molecule has 5 rings (SSSR count). The highest BCUT2D eigenvalue weighted by Gasteiger charge is 2.43. The maximum atomic E-state index is 13.0. The molecule has 0 aromatic carbocycles. The zero-order valence-corrected chi connectivity index (χ0v) is 21.5. The number of hydrogen-bond donors (Lipinski definition) is 3. The van der Waals surface area contributed by atoms with E-state index in [-0.39, 0.29) is 17.1 Å². The van der Waals surface area contributed by atoms with E-state index < -0.39 is 17.1 Å². The summed E-state index contributed by atoms with van der Waals surface area (Å²) in [6.45, 7) is 3.88. The van der Waals surface area contributed by atoms with Crippen molar-refractivity contribution in [1.29, 1.82) is 0 Å². The van der Waals surface area contributed by atoms with Crippen LogP contribution in [-0.4, -0.2) is 57.2 Å². The summed E-state index contributed by atoms with van der Waals surface area (Å²) in [5.41, 5.74) is 15.8. The van der Waals surface area contributed by atoms with Gasteiger partial charge in [-0.05, 0) is 60.9 Å². The molecule has 1 aliphatic carbocycles. The quantitative estimate of drug-likeness (QED) is 0.520. The van der Waals surface area contributed by atoms with E-state index in [2.05, 4.69) is 9.88 Å². The van der Waals surface area contributed by atoms with Gasteiger partial charge in [-0.1, -0.05) is 11.8 Å². The molecule has 0 spiro atoms. The number of aromatic nitrogens is 1. The largest absolute Gasteiger partial charge is 0.417 e. The molecule has 4 heterocycles. The molecule has 12 heteroatoms. The van der Waals surface area contributed by atoms with E-state index in [0.717, 1.165) is 80.8 Å². The number of rotatable bonds is 3. The topological polar surface area (TPSA) is 103 Å². The summed E-state index contributed by atoms with van der Waals surface area (Å²) < 4.78 is 44.7. The van der Waals surface area contributed by atoms with Crippen LogP contribution in [0.4, 0.5) is 13.2 Å². The lowest BCUT2D eigenvalue weighted by Gasteiger charge is -2.45. The van der Waals surface area contributed by atoms with Crippen molar-refractivity contribution in [2.24, 2.45) is 35.0 Å². The number of likely N-dealkylation sites (tertiary alicyclic amines) is 1. The van der Waals surface area contributed by atoms with Gasteiger partial charge in [0, 0.05) is 49.5 Å². The Morgan fingerprint density at radius 1 is 1.03 bits per heavy atom. The molecule has 3 fully saturated rings. The molecular weight excluding hydrogens is 497 g/mol. The zero-order chi connectivity index (χ0) is 26.8. The van der Waals surface area contributed by atoms with Crippen LogP contribution in [0.5, 0.6) is 0 Å². The van der Waals surface area contributed by atoms with Crippen molar-refractivity contribution in [2.45, 2.75) is 43.6 Å². The number of alkyl halides is 3.